The molecule has 0 saturated carbocycles. The zero-order valence-electron chi connectivity index (χ0n) is 52.8. The molecule has 8 heteroatoms. The van der Waals surface area contributed by atoms with Crippen LogP contribution in [0.15, 0.2) is 340 Å². The zero-order chi connectivity index (χ0) is 64.9. The van der Waals surface area contributed by atoms with Gasteiger partial charge in [0.05, 0.1) is 0 Å². The normalized spacial score (nSPS) is 11.5. The van der Waals surface area contributed by atoms with Gasteiger partial charge in [0.15, 0.2) is 34.9 Å². The summed E-state index contributed by atoms with van der Waals surface area (Å²) in [6, 6.07) is 120. The van der Waals surface area contributed by atoms with E-state index < -0.39 is 0 Å². The number of aromatic nitrogens is 6. The average Bonchev–Trinajstić information content (AvgIpc) is 1.51. The molecule has 0 aliphatic heterocycles. The van der Waals surface area contributed by atoms with Crippen LogP contribution in [0.5, 0.6) is 0 Å². The minimum atomic E-state index is 0.649. The maximum Gasteiger partial charge on any atom is 0.165 e. The summed E-state index contributed by atoms with van der Waals surface area (Å²) in [5.74, 6) is 3.94. The van der Waals surface area contributed by atoms with E-state index in [1.54, 1.807) is 22.7 Å². The summed E-state index contributed by atoms with van der Waals surface area (Å²) >= 11 is 3.57. The molecule has 0 saturated heterocycles. The van der Waals surface area contributed by atoms with Crippen LogP contribution < -0.4 is 0 Å². The smallest absolute Gasteiger partial charge is 0.165 e. The second-order valence-corrected chi connectivity index (χ2v) is 26.6. The molecule has 0 amide bonds. The molecule has 15 aromatic carbocycles. The first-order valence-corrected chi connectivity index (χ1v) is 34.4. The fourth-order valence-electron chi connectivity index (χ4n) is 13.5. The van der Waals surface area contributed by atoms with Crippen molar-refractivity contribution < 1.29 is 0 Å². The third kappa shape index (κ3) is 11.1. The van der Waals surface area contributed by atoms with Crippen molar-refractivity contribution in [1.82, 2.24) is 29.9 Å². The number of fused-ring (bicyclic) bond motifs is 9. The van der Waals surface area contributed by atoms with Crippen LogP contribution in [0.1, 0.15) is 0 Å². The lowest BCUT2D eigenvalue weighted by Gasteiger charge is -2.11. The predicted molar refractivity (Wildman–Crippen MR) is 412 cm³/mol. The first kappa shape index (κ1) is 58.1. The standard InChI is InChI=1S/C47H29N3S.C43H27N3S/c1-2-11-30(12-3-1)33-15-8-16-35(27-33)45-48-46(50-47(49-45)42-21-10-20-41-40-18-6-7-22-43(40)51-44(41)42)36-26-24-31-23-25-34(28-37(31)29-36)39-19-9-14-32-13-4-5-17-38(32)39;1-3-11-28(12-4-1)31-15-9-16-33(25-31)41-44-42(34-24-22-30-21-23-32(26-35(30)27-34)29-13-5-2-6-14-29)46-43(45-41)38-19-10-18-37-36-17-7-8-20-39(36)47-40(37)38/h1-29H;1-27H. The summed E-state index contributed by atoms with van der Waals surface area (Å²) in [4.78, 5) is 31.0. The third-order valence-corrected chi connectivity index (χ3v) is 20.9. The van der Waals surface area contributed by atoms with Gasteiger partial charge < -0.3 is 0 Å². The largest absolute Gasteiger partial charge is 0.208 e. The van der Waals surface area contributed by atoms with Gasteiger partial charge in [-0.05, 0) is 137 Å². The summed E-state index contributed by atoms with van der Waals surface area (Å²) in [5, 5.41) is 12.0. The average molecular weight is 1290 g/mol. The lowest BCUT2D eigenvalue weighted by atomic mass is 9.95. The molecule has 458 valence electrons. The van der Waals surface area contributed by atoms with Gasteiger partial charge in [-0.3, -0.25) is 0 Å². The minimum absolute atomic E-state index is 0.649. The van der Waals surface area contributed by atoms with E-state index in [-0.39, 0.29) is 0 Å². The molecule has 0 bridgehead atoms. The van der Waals surface area contributed by atoms with E-state index in [1.807, 2.05) is 18.2 Å². The topological polar surface area (TPSA) is 77.3 Å². The molecule has 98 heavy (non-hydrogen) atoms. The maximum absolute atomic E-state index is 5.21. The fourth-order valence-corrected chi connectivity index (χ4v) is 15.9. The van der Waals surface area contributed by atoms with Crippen molar-refractivity contribution in [3.05, 3.63) is 340 Å². The minimum Gasteiger partial charge on any atom is -0.208 e. The first-order chi connectivity index (χ1) is 48.5. The van der Waals surface area contributed by atoms with Crippen molar-refractivity contribution in [3.63, 3.8) is 0 Å². The van der Waals surface area contributed by atoms with Gasteiger partial charge in [0.1, 0.15) is 0 Å². The van der Waals surface area contributed by atoms with Gasteiger partial charge in [-0.25, -0.2) is 29.9 Å². The Bertz CT molecular complexity index is 6260. The summed E-state index contributed by atoms with van der Waals surface area (Å²) in [6.07, 6.45) is 0. The molecule has 0 aliphatic carbocycles. The molecule has 19 aromatic rings. The molecule has 19 rings (SSSR count). The molecule has 0 atom stereocenters. The number of nitrogens with zero attached hydrogens (tertiary/aromatic N) is 6. The van der Waals surface area contributed by atoms with Crippen molar-refractivity contribution in [1.29, 1.82) is 0 Å². The molecule has 0 N–H and O–H groups in total. The predicted octanol–water partition coefficient (Wildman–Crippen LogP) is 24.6. The van der Waals surface area contributed by atoms with Gasteiger partial charge in [-0.15, -0.1) is 22.7 Å². The highest BCUT2D eigenvalue weighted by Gasteiger charge is 2.21. The molecule has 0 radical (unpaired) electrons. The maximum atomic E-state index is 5.21. The van der Waals surface area contributed by atoms with Crippen LogP contribution in [0.25, 0.3) is 185 Å². The van der Waals surface area contributed by atoms with Crippen LogP contribution in [-0.2, 0) is 0 Å². The summed E-state index contributed by atoms with van der Waals surface area (Å²) in [7, 11) is 0. The quantitative estimate of drug-likeness (QED) is 0.136. The number of thiophene rings is 2. The van der Waals surface area contributed by atoms with Crippen molar-refractivity contribution in [2.75, 3.05) is 0 Å². The first-order valence-electron chi connectivity index (χ1n) is 32.8. The molecule has 0 aliphatic rings. The molecular weight excluding hydrogens is 1230 g/mol. The fraction of sp³-hybridized carbons (Fsp3) is 0. The Kier molecular flexibility index (Phi) is 14.8. The SMILES string of the molecule is c1ccc(-c2cccc(-c3nc(-c4ccc5ccc(-c6cccc7ccccc67)cc5c4)nc(-c4cccc5c4sc4ccccc45)n3)c2)cc1.c1ccc(-c2cccc(-c3nc(-c4ccc5ccc(-c6ccccc6)cc5c4)nc(-c4cccc5c4sc4ccccc45)n3)c2)cc1. The van der Waals surface area contributed by atoms with Crippen LogP contribution in [0.4, 0.5) is 0 Å². The summed E-state index contributed by atoms with van der Waals surface area (Å²) in [6.45, 7) is 0. The Morgan fingerprint density at radius 2 is 0.469 bits per heavy atom. The molecule has 0 fully saturated rings. The summed E-state index contributed by atoms with van der Waals surface area (Å²) in [5.41, 5.74) is 15.2. The van der Waals surface area contributed by atoms with Gasteiger partial charge in [-0.2, -0.15) is 0 Å². The lowest BCUT2D eigenvalue weighted by Crippen LogP contribution is -2.00. The van der Waals surface area contributed by atoms with Crippen molar-refractivity contribution in [2.24, 2.45) is 0 Å². The highest BCUT2D eigenvalue weighted by atomic mass is 32.1. The second-order valence-electron chi connectivity index (χ2n) is 24.5. The van der Waals surface area contributed by atoms with E-state index in [1.165, 1.54) is 84.1 Å². The van der Waals surface area contributed by atoms with Crippen LogP contribution in [0, 0.1) is 0 Å². The van der Waals surface area contributed by atoms with E-state index in [2.05, 4.69) is 322 Å². The van der Waals surface area contributed by atoms with E-state index in [0.717, 1.165) is 66.4 Å². The molecule has 6 nitrogen and oxygen atoms in total. The Morgan fingerprint density at radius 3 is 0.959 bits per heavy atom. The highest BCUT2D eigenvalue weighted by Crippen LogP contribution is 2.43. The van der Waals surface area contributed by atoms with E-state index in [9.17, 15) is 0 Å². The molecule has 0 spiro atoms. The van der Waals surface area contributed by atoms with Crippen LogP contribution in [-0.4, -0.2) is 29.9 Å². The van der Waals surface area contributed by atoms with Gasteiger partial charge in [-0.1, -0.05) is 279 Å². The molecule has 4 aromatic heterocycles. The Balaban J connectivity index is 0.000000143. The third-order valence-electron chi connectivity index (χ3n) is 18.4. The lowest BCUT2D eigenvalue weighted by molar-refractivity contribution is 1.08. The summed E-state index contributed by atoms with van der Waals surface area (Å²) < 4.78 is 4.87. The van der Waals surface area contributed by atoms with Crippen molar-refractivity contribution in [3.8, 4) is 113 Å². The van der Waals surface area contributed by atoms with E-state index in [4.69, 9.17) is 29.9 Å². The number of rotatable bonds is 10. The van der Waals surface area contributed by atoms with Crippen molar-refractivity contribution >= 4 is 95.3 Å². The van der Waals surface area contributed by atoms with Gasteiger partial charge >= 0.3 is 0 Å². The Labute approximate surface area is 573 Å². The molecular formula is C90H56N6S2. The van der Waals surface area contributed by atoms with Crippen LogP contribution in [0.3, 0.4) is 0 Å². The van der Waals surface area contributed by atoms with Crippen molar-refractivity contribution in [2.45, 2.75) is 0 Å². The number of benzene rings is 15. The number of hydrogen-bond donors (Lipinski definition) is 0. The van der Waals surface area contributed by atoms with E-state index >= 15 is 0 Å². The van der Waals surface area contributed by atoms with Gasteiger partial charge in [0, 0.05) is 73.7 Å². The molecule has 4 heterocycles. The van der Waals surface area contributed by atoms with E-state index in [0.29, 0.717) is 34.9 Å². The van der Waals surface area contributed by atoms with Crippen LogP contribution >= 0.6 is 22.7 Å². The second kappa shape index (κ2) is 25.0. The van der Waals surface area contributed by atoms with Crippen LogP contribution in [0.2, 0.25) is 0 Å². The monoisotopic (exact) mass is 1280 g/mol. The van der Waals surface area contributed by atoms with Gasteiger partial charge in [0.2, 0.25) is 0 Å². The molecule has 0 unspecified atom stereocenters. The zero-order valence-corrected chi connectivity index (χ0v) is 54.5. The van der Waals surface area contributed by atoms with Gasteiger partial charge in [0.25, 0.3) is 0 Å². The highest BCUT2D eigenvalue weighted by molar-refractivity contribution is 7.26. The Hall–Kier alpha value is -12.5. The Morgan fingerprint density at radius 1 is 0.163 bits per heavy atom. The number of hydrogen-bond acceptors (Lipinski definition) is 8.